The van der Waals surface area contributed by atoms with Crippen LogP contribution in [0.5, 0.6) is 0 Å². The quantitative estimate of drug-likeness (QED) is 0.404. The molecule has 0 aromatic heterocycles. The number of nitrogens with zero attached hydrogens (tertiary/aromatic N) is 1. The maximum absolute atomic E-state index is 3.09. The van der Waals surface area contributed by atoms with Gasteiger partial charge in [-0.15, -0.1) is 0 Å². The van der Waals surface area contributed by atoms with Crippen molar-refractivity contribution in [1.82, 2.24) is 10.2 Å². The molecule has 0 aliphatic carbocycles. The first-order valence-corrected chi connectivity index (χ1v) is 2.14. The van der Waals surface area contributed by atoms with E-state index < -0.39 is 0 Å². The van der Waals surface area contributed by atoms with Gasteiger partial charge in [-0.25, -0.2) is 0 Å². The van der Waals surface area contributed by atoms with Gasteiger partial charge in [-0.1, -0.05) is 0 Å². The van der Waals surface area contributed by atoms with Crippen LogP contribution >= 0.6 is 0 Å². The summed E-state index contributed by atoms with van der Waals surface area (Å²) < 4.78 is 0. The standard InChI is InChI=1S/C4H6N2/c1-4-2-6(4)3-5-1/h1,5H,2-3H2. The van der Waals surface area contributed by atoms with Crippen LogP contribution in [0.4, 0.5) is 0 Å². The summed E-state index contributed by atoms with van der Waals surface area (Å²) in [5.41, 5.74) is 1.47. The summed E-state index contributed by atoms with van der Waals surface area (Å²) in [6.07, 6.45) is 2.07. The van der Waals surface area contributed by atoms with Crippen molar-refractivity contribution in [3.63, 3.8) is 0 Å². The summed E-state index contributed by atoms with van der Waals surface area (Å²) in [6.45, 7) is 2.27. The average Bonchev–Trinajstić information content (AvgIpc) is 2.17. The van der Waals surface area contributed by atoms with Crippen LogP contribution in [-0.4, -0.2) is 18.1 Å². The monoisotopic (exact) mass is 82.1 g/mol. The lowest BCUT2D eigenvalue weighted by Crippen LogP contribution is -2.09. The Balaban J connectivity index is 2.35. The number of fused-ring (bicyclic) bond motifs is 1. The molecule has 0 spiro atoms. The molecule has 32 valence electrons. The second kappa shape index (κ2) is 0.555. The van der Waals surface area contributed by atoms with Crippen LogP contribution in [0.15, 0.2) is 11.9 Å². The first-order chi connectivity index (χ1) is 2.97. The van der Waals surface area contributed by atoms with Crippen molar-refractivity contribution in [1.29, 1.82) is 0 Å². The van der Waals surface area contributed by atoms with Crippen LogP contribution < -0.4 is 5.32 Å². The summed E-state index contributed by atoms with van der Waals surface area (Å²) in [5.74, 6) is 0. The Morgan fingerprint density at radius 3 is 3.00 bits per heavy atom. The van der Waals surface area contributed by atoms with Crippen LogP contribution in [0, 0.1) is 0 Å². The molecule has 2 aliphatic heterocycles. The molecule has 0 atom stereocenters. The van der Waals surface area contributed by atoms with Crippen molar-refractivity contribution >= 4 is 0 Å². The third-order valence-corrected chi connectivity index (χ3v) is 1.21. The predicted molar refractivity (Wildman–Crippen MR) is 22.8 cm³/mol. The molecule has 0 radical (unpaired) electrons. The molecule has 2 aliphatic rings. The maximum Gasteiger partial charge on any atom is 0.0874 e. The maximum atomic E-state index is 3.09. The number of nitrogens with one attached hydrogen (secondary N) is 1. The van der Waals surface area contributed by atoms with Crippen molar-refractivity contribution in [3.8, 4) is 0 Å². The van der Waals surface area contributed by atoms with E-state index in [0.29, 0.717) is 0 Å². The molecule has 0 saturated carbocycles. The first-order valence-electron chi connectivity index (χ1n) is 2.14. The van der Waals surface area contributed by atoms with E-state index in [1.54, 1.807) is 0 Å². The van der Waals surface area contributed by atoms with Crippen molar-refractivity contribution in [2.45, 2.75) is 0 Å². The molecule has 1 saturated heterocycles. The van der Waals surface area contributed by atoms with Crippen molar-refractivity contribution in [2.75, 3.05) is 13.2 Å². The second-order valence-electron chi connectivity index (χ2n) is 1.70. The zero-order valence-electron chi connectivity index (χ0n) is 3.44. The van der Waals surface area contributed by atoms with Crippen molar-refractivity contribution < 1.29 is 0 Å². The smallest absolute Gasteiger partial charge is 0.0874 e. The van der Waals surface area contributed by atoms with Crippen LogP contribution in [0.2, 0.25) is 0 Å². The molecule has 0 bridgehead atoms. The normalized spacial score (nSPS) is 25.3. The Morgan fingerprint density at radius 2 is 2.83 bits per heavy atom. The molecule has 0 amide bonds. The Bertz CT molecular complexity index is 106. The Morgan fingerprint density at radius 1 is 1.83 bits per heavy atom. The van der Waals surface area contributed by atoms with Gasteiger partial charge in [0.15, 0.2) is 0 Å². The Kier molecular flexibility index (Phi) is 0.231. The van der Waals surface area contributed by atoms with Gasteiger partial charge in [0, 0.05) is 6.20 Å². The molecule has 1 fully saturated rings. The van der Waals surface area contributed by atoms with Crippen molar-refractivity contribution in [2.24, 2.45) is 0 Å². The van der Waals surface area contributed by atoms with E-state index in [1.165, 1.54) is 12.2 Å². The minimum Gasteiger partial charge on any atom is -0.372 e. The summed E-state index contributed by atoms with van der Waals surface area (Å²) >= 11 is 0. The fraction of sp³-hybridized carbons (Fsp3) is 0.500. The number of hydrogen-bond donors (Lipinski definition) is 1. The van der Waals surface area contributed by atoms with Gasteiger partial charge in [-0.05, 0) is 0 Å². The highest BCUT2D eigenvalue weighted by Gasteiger charge is 2.27. The van der Waals surface area contributed by atoms with Crippen LogP contribution in [0.25, 0.3) is 0 Å². The lowest BCUT2D eigenvalue weighted by molar-refractivity contribution is 0.580. The van der Waals surface area contributed by atoms with E-state index in [2.05, 4.69) is 16.4 Å². The average molecular weight is 82.1 g/mol. The lowest BCUT2D eigenvalue weighted by atomic mass is 10.7. The number of rotatable bonds is 0. The summed E-state index contributed by atoms with van der Waals surface area (Å²) in [5, 5.41) is 3.09. The zero-order chi connectivity index (χ0) is 3.98. The second-order valence-corrected chi connectivity index (χ2v) is 1.70. The Hall–Kier alpha value is -0.660. The fourth-order valence-electron chi connectivity index (χ4n) is 0.728. The first kappa shape index (κ1) is 2.50. The van der Waals surface area contributed by atoms with E-state index in [9.17, 15) is 0 Å². The molecule has 2 rings (SSSR count). The largest absolute Gasteiger partial charge is 0.372 e. The van der Waals surface area contributed by atoms with E-state index in [1.807, 2.05) is 0 Å². The Labute approximate surface area is 36.4 Å². The SMILES string of the molecule is C1=C2CN2CN1. The van der Waals surface area contributed by atoms with Gasteiger partial charge in [-0.3, -0.25) is 0 Å². The third-order valence-electron chi connectivity index (χ3n) is 1.21. The van der Waals surface area contributed by atoms with Gasteiger partial charge in [0.2, 0.25) is 0 Å². The third kappa shape index (κ3) is 0.142. The molecular formula is C4H6N2. The van der Waals surface area contributed by atoms with Crippen molar-refractivity contribution in [3.05, 3.63) is 11.9 Å². The fourth-order valence-corrected chi connectivity index (χ4v) is 0.728. The summed E-state index contributed by atoms with van der Waals surface area (Å²) in [7, 11) is 0. The summed E-state index contributed by atoms with van der Waals surface area (Å²) in [4.78, 5) is 2.28. The molecule has 0 unspecified atom stereocenters. The molecule has 2 heteroatoms. The minimum atomic E-state index is 1.05. The van der Waals surface area contributed by atoms with E-state index in [-0.39, 0.29) is 0 Å². The molecule has 2 heterocycles. The van der Waals surface area contributed by atoms with E-state index in [0.717, 1.165) is 6.67 Å². The molecule has 0 aromatic rings. The van der Waals surface area contributed by atoms with Crippen LogP contribution in [-0.2, 0) is 0 Å². The highest BCUT2D eigenvalue weighted by Crippen LogP contribution is 2.22. The molecule has 0 aromatic carbocycles. The van der Waals surface area contributed by atoms with Crippen LogP contribution in [0.1, 0.15) is 0 Å². The zero-order valence-corrected chi connectivity index (χ0v) is 3.44. The van der Waals surface area contributed by atoms with Gasteiger partial charge >= 0.3 is 0 Å². The van der Waals surface area contributed by atoms with E-state index in [4.69, 9.17) is 0 Å². The predicted octanol–water partition coefficient (Wildman–Crippen LogP) is -0.296. The highest BCUT2D eigenvalue weighted by molar-refractivity contribution is 5.21. The molecule has 1 N–H and O–H groups in total. The van der Waals surface area contributed by atoms with Gasteiger partial charge in [0.1, 0.15) is 0 Å². The van der Waals surface area contributed by atoms with Gasteiger partial charge in [0.25, 0.3) is 0 Å². The van der Waals surface area contributed by atoms with Crippen LogP contribution in [0.3, 0.4) is 0 Å². The molecule has 6 heavy (non-hydrogen) atoms. The lowest BCUT2D eigenvalue weighted by Gasteiger charge is -1.89. The highest BCUT2D eigenvalue weighted by atomic mass is 15.4. The molecule has 2 nitrogen and oxygen atoms in total. The minimum absolute atomic E-state index is 1.05. The molecular weight excluding hydrogens is 76.1 g/mol. The van der Waals surface area contributed by atoms with Gasteiger partial charge in [0.05, 0.1) is 18.9 Å². The summed E-state index contributed by atoms with van der Waals surface area (Å²) in [6, 6.07) is 0. The van der Waals surface area contributed by atoms with E-state index >= 15 is 0 Å². The van der Waals surface area contributed by atoms with Gasteiger partial charge in [-0.2, -0.15) is 0 Å². The topological polar surface area (TPSA) is 15.0 Å². The van der Waals surface area contributed by atoms with Gasteiger partial charge < -0.3 is 10.2 Å². The number of hydrogen-bond acceptors (Lipinski definition) is 2.